The average molecular weight is 278 g/mol. The Balaban J connectivity index is 1.90. The number of nitrogens with zero attached hydrogens (tertiary/aromatic N) is 3. The minimum absolute atomic E-state index is 0.480. The summed E-state index contributed by atoms with van der Waals surface area (Å²) in [5, 5.41) is 3.52. The fourth-order valence-electron chi connectivity index (χ4n) is 2.04. The van der Waals surface area contributed by atoms with Gasteiger partial charge in [-0.15, -0.1) is 11.3 Å². The van der Waals surface area contributed by atoms with Gasteiger partial charge in [-0.3, -0.25) is 0 Å². The zero-order valence-electron chi connectivity index (χ0n) is 10.1. The van der Waals surface area contributed by atoms with Crippen LogP contribution in [0.4, 0.5) is 5.82 Å². The first kappa shape index (κ1) is 11.9. The maximum atomic E-state index is 4.46. The first-order valence-corrected chi connectivity index (χ1v) is 7.98. The molecule has 0 saturated heterocycles. The number of thiazole rings is 1. The van der Waals surface area contributed by atoms with Crippen molar-refractivity contribution in [1.29, 1.82) is 0 Å². The van der Waals surface area contributed by atoms with Crippen LogP contribution in [-0.4, -0.2) is 27.2 Å². The summed E-state index contributed by atoms with van der Waals surface area (Å²) in [5.41, 5.74) is 0.799. The number of hydrogen-bond acceptors (Lipinski definition) is 6. The molecule has 2 heterocycles. The van der Waals surface area contributed by atoms with Crippen molar-refractivity contribution < 1.29 is 0 Å². The minimum atomic E-state index is 0.480. The molecule has 3 rings (SSSR count). The maximum absolute atomic E-state index is 4.46. The van der Waals surface area contributed by atoms with E-state index < -0.39 is 0 Å². The van der Waals surface area contributed by atoms with Crippen molar-refractivity contribution in [2.75, 3.05) is 11.6 Å². The Morgan fingerprint density at radius 1 is 1.39 bits per heavy atom. The van der Waals surface area contributed by atoms with Crippen molar-refractivity contribution in [2.24, 2.45) is 0 Å². The van der Waals surface area contributed by atoms with Gasteiger partial charge in [0.25, 0.3) is 0 Å². The second-order valence-corrected chi connectivity index (χ2v) is 6.24. The molecule has 18 heavy (non-hydrogen) atoms. The highest BCUT2D eigenvalue weighted by atomic mass is 32.2. The molecule has 1 unspecified atom stereocenters. The van der Waals surface area contributed by atoms with Crippen LogP contribution in [-0.2, 0) is 0 Å². The van der Waals surface area contributed by atoms with Gasteiger partial charge < -0.3 is 5.32 Å². The van der Waals surface area contributed by atoms with Gasteiger partial charge in [0.15, 0.2) is 9.99 Å². The van der Waals surface area contributed by atoms with Gasteiger partial charge in [0.2, 0.25) is 0 Å². The van der Waals surface area contributed by atoms with E-state index in [1.165, 1.54) is 0 Å². The normalized spacial score (nSPS) is 19.3. The number of aromatic nitrogens is 3. The molecule has 1 atom stereocenters. The molecule has 0 aliphatic heterocycles. The Labute approximate surface area is 114 Å². The number of hydrogen-bond donors (Lipinski definition) is 1. The minimum Gasteiger partial charge on any atom is -0.366 e. The van der Waals surface area contributed by atoms with Crippen LogP contribution in [0.15, 0.2) is 22.8 Å². The standard InChI is InChI=1S/C12H14N4S2/c1-17-12-16-11-9(18-12)10(13-7-14-11)15-8-5-3-2-4-6-8/h2-3,7-8H,4-6H2,1H3,(H,13,14,15). The third-order valence-corrected chi connectivity index (χ3v) is 4.99. The molecule has 1 aliphatic carbocycles. The molecule has 1 N–H and O–H groups in total. The predicted octanol–water partition coefficient (Wildman–Crippen LogP) is 3.33. The molecular weight excluding hydrogens is 264 g/mol. The molecule has 0 bridgehead atoms. The molecule has 6 heteroatoms. The predicted molar refractivity (Wildman–Crippen MR) is 77.4 cm³/mol. The van der Waals surface area contributed by atoms with Crippen LogP contribution in [0.2, 0.25) is 0 Å². The van der Waals surface area contributed by atoms with Gasteiger partial charge >= 0.3 is 0 Å². The van der Waals surface area contributed by atoms with Crippen LogP contribution in [0, 0.1) is 0 Å². The molecule has 0 spiro atoms. The Morgan fingerprint density at radius 3 is 3.11 bits per heavy atom. The summed E-state index contributed by atoms with van der Waals surface area (Å²) in [5.74, 6) is 0.929. The lowest BCUT2D eigenvalue weighted by Gasteiger charge is -2.19. The van der Waals surface area contributed by atoms with Gasteiger partial charge in [0.05, 0.1) is 0 Å². The van der Waals surface area contributed by atoms with Crippen molar-refractivity contribution in [2.45, 2.75) is 29.6 Å². The molecule has 0 radical (unpaired) electrons. The van der Waals surface area contributed by atoms with Crippen LogP contribution in [0.25, 0.3) is 10.3 Å². The lowest BCUT2D eigenvalue weighted by atomic mass is 10.0. The summed E-state index contributed by atoms with van der Waals surface area (Å²) in [6.45, 7) is 0. The summed E-state index contributed by atoms with van der Waals surface area (Å²) >= 11 is 3.31. The quantitative estimate of drug-likeness (QED) is 0.689. The molecule has 0 saturated carbocycles. The molecule has 1 aliphatic rings. The largest absolute Gasteiger partial charge is 0.366 e. The average Bonchev–Trinajstić information content (AvgIpc) is 2.84. The summed E-state index contributed by atoms with van der Waals surface area (Å²) in [4.78, 5) is 13.0. The number of allylic oxidation sites excluding steroid dienone is 1. The second-order valence-electron chi connectivity index (χ2n) is 4.18. The fraction of sp³-hybridized carbons (Fsp3) is 0.417. The summed E-state index contributed by atoms with van der Waals surface area (Å²) in [7, 11) is 0. The van der Waals surface area contributed by atoms with Crippen LogP contribution in [0.3, 0.4) is 0 Å². The monoisotopic (exact) mass is 278 g/mol. The Kier molecular flexibility index (Phi) is 3.47. The maximum Gasteiger partial charge on any atom is 0.176 e. The van der Waals surface area contributed by atoms with E-state index >= 15 is 0 Å². The van der Waals surface area contributed by atoms with Crippen molar-refractivity contribution in [3.05, 3.63) is 18.5 Å². The fourth-order valence-corrected chi connectivity index (χ4v) is 3.51. The highest BCUT2D eigenvalue weighted by molar-refractivity contribution is 8.00. The molecule has 2 aromatic rings. The van der Waals surface area contributed by atoms with E-state index in [4.69, 9.17) is 0 Å². The van der Waals surface area contributed by atoms with E-state index in [1.807, 2.05) is 6.26 Å². The Bertz CT molecular complexity index is 578. The van der Waals surface area contributed by atoms with E-state index in [0.717, 1.165) is 39.8 Å². The van der Waals surface area contributed by atoms with Gasteiger partial charge in [-0.25, -0.2) is 15.0 Å². The molecule has 0 aromatic carbocycles. The smallest absolute Gasteiger partial charge is 0.176 e. The number of nitrogens with one attached hydrogen (secondary N) is 1. The number of thioether (sulfide) groups is 1. The molecule has 4 nitrogen and oxygen atoms in total. The van der Waals surface area contributed by atoms with Gasteiger partial charge in [-0.2, -0.15) is 0 Å². The SMILES string of the molecule is CSc1nc2ncnc(NC3CC=CCC3)c2s1. The van der Waals surface area contributed by atoms with E-state index in [2.05, 4.69) is 32.4 Å². The third kappa shape index (κ3) is 2.35. The van der Waals surface area contributed by atoms with Gasteiger partial charge in [-0.05, 0) is 25.5 Å². The summed E-state index contributed by atoms with van der Waals surface area (Å²) < 4.78 is 2.11. The van der Waals surface area contributed by atoms with E-state index in [1.54, 1.807) is 29.4 Å². The van der Waals surface area contributed by atoms with Gasteiger partial charge in [0.1, 0.15) is 16.8 Å². The van der Waals surface area contributed by atoms with Crippen LogP contribution >= 0.6 is 23.1 Å². The lowest BCUT2D eigenvalue weighted by molar-refractivity contribution is 0.643. The van der Waals surface area contributed by atoms with Crippen LogP contribution in [0.1, 0.15) is 19.3 Å². The molecule has 0 amide bonds. The van der Waals surface area contributed by atoms with Crippen molar-refractivity contribution in [3.8, 4) is 0 Å². The second kappa shape index (κ2) is 5.24. The number of rotatable bonds is 3. The molecular formula is C12H14N4S2. The topological polar surface area (TPSA) is 50.7 Å². The van der Waals surface area contributed by atoms with Gasteiger partial charge in [-0.1, -0.05) is 23.9 Å². The lowest BCUT2D eigenvalue weighted by Crippen LogP contribution is -2.20. The molecule has 0 fully saturated rings. The first-order valence-electron chi connectivity index (χ1n) is 5.94. The van der Waals surface area contributed by atoms with E-state index in [9.17, 15) is 0 Å². The number of fused-ring (bicyclic) bond motifs is 1. The highest BCUT2D eigenvalue weighted by Gasteiger charge is 2.14. The third-order valence-electron chi connectivity index (χ3n) is 2.96. The summed E-state index contributed by atoms with van der Waals surface area (Å²) in [6, 6.07) is 0.480. The zero-order chi connectivity index (χ0) is 12.4. The van der Waals surface area contributed by atoms with Crippen molar-refractivity contribution in [3.63, 3.8) is 0 Å². The van der Waals surface area contributed by atoms with Crippen molar-refractivity contribution in [1.82, 2.24) is 15.0 Å². The molecule has 94 valence electrons. The molecule has 2 aromatic heterocycles. The van der Waals surface area contributed by atoms with Crippen molar-refractivity contribution >= 4 is 39.3 Å². The van der Waals surface area contributed by atoms with E-state index in [-0.39, 0.29) is 0 Å². The van der Waals surface area contributed by atoms with Crippen LogP contribution < -0.4 is 5.32 Å². The Morgan fingerprint density at radius 2 is 2.33 bits per heavy atom. The van der Waals surface area contributed by atoms with E-state index in [0.29, 0.717) is 6.04 Å². The highest BCUT2D eigenvalue weighted by Crippen LogP contribution is 2.31. The van der Waals surface area contributed by atoms with Gasteiger partial charge in [0, 0.05) is 6.04 Å². The zero-order valence-corrected chi connectivity index (χ0v) is 11.7. The number of anilines is 1. The summed E-state index contributed by atoms with van der Waals surface area (Å²) in [6.07, 6.45) is 11.5. The van der Waals surface area contributed by atoms with Crippen LogP contribution in [0.5, 0.6) is 0 Å². The first-order chi connectivity index (χ1) is 8.86. The Hall–Kier alpha value is -1.14.